The fourth-order valence-electron chi connectivity index (χ4n) is 7.53. The fourth-order valence-corrected chi connectivity index (χ4v) is 7.65. The number of hydrogen-bond donors (Lipinski definition) is 1. The van der Waals surface area contributed by atoms with E-state index in [1.165, 1.54) is 19.3 Å². The van der Waals surface area contributed by atoms with Crippen molar-refractivity contribution in [3.8, 4) is 16.8 Å². The molecule has 3 aliphatic rings. The molecule has 7 rings (SSSR count). The van der Waals surface area contributed by atoms with Crippen molar-refractivity contribution in [3.05, 3.63) is 82.7 Å². The van der Waals surface area contributed by atoms with Gasteiger partial charge in [-0.2, -0.15) is 5.10 Å². The van der Waals surface area contributed by atoms with Crippen LogP contribution in [0, 0.1) is 18.3 Å². The van der Waals surface area contributed by atoms with Gasteiger partial charge in [0.05, 0.1) is 29.6 Å². The molecule has 49 heavy (non-hydrogen) atoms. The highest BCUT2D eigenvalue weighted by atomic mass is 35.5. The van der Waals surface area contributed by atoms with E-state index < -0.39 is 5.41 Å². The summed E-state index contributed by atoms with van der Waals surface area (Å²) < 4.78 is 10.1. The normalized spacial score (nSPS) is 22.2. The predicted octanol–water partition coefficient (Wildman–Crippen LogP) is 7.19. The van der Waals surface area contributed by atoms with Crippen LogP contribution in [0.3, 0.4) is 0 Å². The number of aliphatic imine (C=N–C) groups is 1. The van der Waals surface area contributed by atoms with E-state index in [4.69, 9.17) is 26.4 Å². The van der Waals surface area contributed by atoms with Crippen molar-refractivity contribution in [3.63, 3.8) is 0 Å². The Kier molecular flexibility index (Phi) is 9.78. The number of nitrogens with zero attached hydrogens (tertiary/aromatic N) is 6. The molecule has 3 aliphatic heterocycles. The first-order chi connectivity index (χ1) is 23.8. The molecular weight excluding hydrogens is 638 g/mol. The standard InChI is InChI=1S/C38H44ClN7O3/c1-25-36-44-43-26(2)46(36)33-14-11-29(20-32(33)35(41-25)28-9-12-31(39)13-10-28)30-21-40-45(22-30)19-7-5-3-4-6-8-27-15-17-38(24-49-23-27)18-16-34(47)42-37(38)48/h9-14,20-22,25,27H,3-8,15-19,23-24H2,1-2H3,(H,42,47,48)/t25-,27?,38?/m0/s1. The van der Waals surface area contributed by atoms with Gasteiger partial charge in [-0.3, -0.25) is 29.1 Å². The Morgan fingerprint density at radius 2 is 1.78 bits per heavy atom. The first kappa shape index (κ1) is 33.4. The smallest absolute Gasteiger partial charge is 0.235 e. The molecule has 0 aliphatic carbocycles. The number of carbonyl (C=O) groups excluding carboxylic acids is 2. The second-order valence-corrected chi connectivity index (χ2v) is 14.4. The number of nitrogens with one attached hydrogen (secondary N) is 1. The van der Waals surface area contributed by atoms with Crippen LogP contribution in [0.5, 0.6) is 0 Å². The zero-order chi connectivity index (χ0) is 34.0. The monoisotopic (exact) mass is 681 g/mol. The van der Waals surface area contributed by atoms with Crippen molar-refractivity contribution in [1.82, 2.24) is 29.9 Å². The first-order valence-electron chi connectivity index (χ1n) is 17.6. The van der Waals surface area contributed by atoms with Gasteiger partial charge in [-0.1, -0.05) is 55.5 Å². The minimum Gasteiger partial charge on any atom is -0.380 e. The Balaban J connectivity index is 0.930. The lowest BCUT2D eigenvalue weighted by Crippen LogP contribution is -2.50. The molecule has 256 valence electrons. The van der Waals surface area contributed by atoms with Crippen molar-refractivity contribution in [2.24, 2.45) is 16.3 Å². The van der Waals surface area contributed by atoms with Crippen LogP contribution in [0.1, 0.15) is 99.9 Å². The number of aromatic nitrogens is 5. The number of unbranched alkanes of at least 4 members (excludes halogenated alkanes) is 4. The molecule has 4 aromatic rings. The summed E-state index contributed by atoms with van der Waals surface area (Å²) in [5.74, 6) is 1.84. The van der Waals surface area contributed by atoms with Gasteiger partial charge in [0.1, 0.15) is 11.9 Å². The summed E-state index contributed by atoms with van der Waals surface area (Å²) >= 11 is 6.23. The van der Waals surface area contributed by atoms with Crippen LogP contribution in [0.2, 0.25) is 5.02 Å². The van der Waals surface area contributed by atoms with Gasteiger partial charge in [-0.15, -0.1) is 10.2 Å². The number of piperidine rings is 1. The lowest BCUT2D eigenvalue weighted by atomic mass is 9.75. The predicted molar refractivity (Wildman–Crippen MR) is 189 cm³/mol. The summed E-state index contributed by atoms with van der Waals surface area (Å²) in [5, 5.41) is 16.7. The molecule has 1 spiro atoms. The van der Waals surface area contributed by atoms with Gasteiger partial charge in [0, 0.05) is 47.5 Å². The summed E-state index contributed by atoms with van der Waals surface area (Å²) in [6.45, 7) is 6.06. The zero-order valence-electron chi connectivity index (χ0n) is 28.3. The van der Waals surface area contributed by atoms with Crippen LogP contribution in [0.25, 0.3) is 16.8 Å². The Labute approximate surface area is 292 Å². The SMILES string of the molecule is Cc1nnc2n1-c1ccc(-c3cnn(CCCCCCCC4CCC5(CCC(=O)NC5=O)COC4)c3)cc1C(c1ccc(Cl)cc1)=N[C@H]2C. The largest absolute Gasteiger partial charge is 0.380 e. The number of hydrogen-bond acceptors (Lipinski definition) is 7. The van der Waals surface area contributed by atoms with Gasteiger partial charge in [0.15, 0.2) is 5.82 Å². The third-order valence-corrected chi connectivity index (χ3v) is 10.7. The maximum Gasteiger partial charge on any atom is 0.235 e. The minimum atomic E-state index is -0.511. The summed E-state index contributed by atoms with van der Waals surface area (Å²) in [5.41, 5.74) is 5.58. The van der Waals surface area contributed by atoms with Gasteiger partial charge in [0.2, 0.25) is 11.8 Å². The van der Waals surface area contributed by atoms with Crippen molar-refractivity contribution in [1.29, 1.82) is 0 Å². The summed E-state index contributed by atoms with van der Waals surface area (Å²) in [4.78, 5) is 29.3. The first-order valence-corrected chi connectivity index (χ1v) is 18.0. The molecule has 0 bridgehead atoms. The Bertz CT molecular complexity index is 1860. The number of ether oxygens (including phenoxy) is 1. The third-order valence-electron chi connectivity index (χ3n) is 10.5. The van der Waals surface area contributed by atoms with Gasteiger partial charge < -0.3 is 4.74 Å². The van der Waals surface area contributed by atoms with E-state index in [0.717, 1.165) is 84.0 Å². The van der Waals surface area contributed by atoms with Gasteiger partial charge in [-0.25, -0.2) is 0 Å². The van der Waals surface area contributed by atoms with E-state index in [0.29, 0.717) is 37.0 Å². The van der Waals surface area contributed by atoms with Crippen LogP contribution in [-0.2, 0) is 20.9 Å². The number of fused-ring (bicyclic) bond motifs is 3. The van der Waals surface area contributed by atoms with E-state index in [1.54, 1.807) is 0 Å². The number of aryl methyl sites for hydroxylation is 2. The molecular formula is C38H44ClN7O3. The van der Waals surface area contributed by atoms with E-state index in [-0.39, 0.29) is 17.9 Å². The molecule has 5 heterocycles. The van der Waals surface area contributed by atoms with Gasteiger partial charge >= 0.3 is 0 Å². The van der Waals surface area contributed by atoms with E-state index in [9.17, 15) is 9.59 Å². The van der Waals surface area contributed by atoms with Crippen LogP contribution in [-0.4, -0.2) is 55.3 Å². The molecule has 0 radical (unpaired) electrons. The van der Waals surface area contributed by atoms with Crippen LogP contribution >= 0.6 is 11.6 Å². The molecule has 2 aromatic carbocycles. The quantitative estimate of drug-likeness (QED) is 0.140. The number of rotatable bonds is 10. The molecule has 11 heteroatoms. The van der Waals surface area contributed by atoms with Gasteiger partial charge in [0.25, 0.3) is 0 Å². The summed E-state index contributed by atoms with van der Waals surface area (Å²) in [6.07, 6.45) is 13.8. The number of imide groups is 1. The third kappa shape index (κ3) is 7.12. The Hall–Kier alpha value is -4.15. The van der Waals surface area contributed by atoms with Crippen LogP contribution in [0.15, 0.2) is 59.9 Å². The average molecular weight is 682 g/mol. The van der Waals surface area contributed by atoms with E-state index >= 15 is 0 Å². The molecule has 2 unspecified atom stereocenters. The fraction of sp³-hybridized carbons (Fsp3) is 0.474. The molecule has 2 saturated heterocycles. The number of carbonyl (C=O) groups is 2. The molecule has 1 N–H and O–H groups in total. The molecule has 10 nitrogen and oxygen atoms in total. The number of amides is 2. The van der Waals surface area contributed by atoms with E-state index in [1.807, 2.05) is 42.1 Å². The Morgan fingerprint density at radius 1 is 0.980 bits per heavy atom. The minimum absolute atomic E-state index is 0.138. The van der Waals surface area contributed by atoms with Crippen molar-refractivity contribution in [2.45, 2.75) is 90.6 Å². The lowest BCUT2D eigenvalue weighted by Gasteiger charge is -2.33. The maximum absolute atomic E-state index is 12.5. The molecule has 0 saturated carbocycles. The second-order valence-electron chi connectivity index (χ2n) is 14.0. The summed E-state index contributed by atoms with van der Waals surface area (Å²) in [7, 11) is 0. The lowest BCUT2D eigenvalue weighted by molar-refractivity contribution is -0.145. The molecule has 2 aromatic heterocycles. The molecule has 3 atom stereocenters. The van der Waals surface area contributed by atoms with Crippen LogP contribution < -0.4 is 5.32 Å². The molecule has 2 amide bonds. The van der Waals surface area contributed by atoms with Gasteiger partial charge in [-0.05, 0) is 81.7 Å². The highest BCUT2D eigenvalue weighted by Gasteiger charge is 2.44. The van der Waals surface area contributed by atoms with Crippen LogP contribution in [0.4, 0.5) is 0 Å². The topological polar surface area (TPSA) is 116 Å². The van der Waals surface area contributed by atoms with Crippen molar-refractivity contribution in [2.75, 3.05) is 13.2 Å². The summed E-state index contributed by atoms with van der Waals surface area (Å²) in [6, 6.07) is 14.2. The molecule has 2 fully saturated rings. The second kappa shape index (κ2) is 14.4. The van der Waals surface area contributed by atoms with Crippen molar-refractivity contribution >= 4 is 29.1 Å². The Morgan fingerprint density at radius 3 is 2.61 bits per heavy atom. The number of halogens is 1. The zero-order valence-corrected chi connectivity index (χ0v) is 29.1. The highest BCUT2D eigenvalue weighted by molar-refractivity contribution is 6.30. The van der Waals surface area contributed by atoms with E-state index in [2.05, 4.69) is 51.4 Å². The number of benzene rings is 2. The maximum atomic E-state index is 12.5. The average Bonchev–Trinajstić information content (AvgIpc) is 3.64. The van der Waals surface area contributed by atoms with Crippen molar-refractivity contribution < 1.29 is 14.3 Å². The highest BCUT2D eigenvalue weighted by Crippen LogP contribution is 2.38.